The third kappa shape index (κ3) is 4.20. The molecule has 0 amide bonds. The predicted octanol–water partition coefficient (Wildman–Crippen LogP) is 2.95. The van der Waals surface area contributed by atoms with Gasteiger partial charge < -0.3 is 10.1 Å². The van der Waals surface area contributed by atoms with Crippen LogP contribution in [0.25, 0.3) is 0 Å². The highest BCUT2D eigenvalue weighted by atomic mass is 16.5. The van der Waals surface area contributed by atoms with Crippen molar-refractivity contribution in [2.75, 3.05) is 18.5 Å². The van der Waals surface area contributed by atoms with Crippen LogP contribution in [0.4, 0.5) is 5.82 Å². The molecule has 2 heterocycles. The largest absolute Gasteiger partial charge is 0.477 e. The highest BCUT2D eigenvalue weighted by Crippen LogP contribution is 2.23. The van der Waals surface area contributed by atoms with Crippen LogP contribution in [0, 0.1) is 0 Å². The van der Waals surface area contributed by atoms with Gasteiger partial charge in [0.2, 0.25) is 5.88 Å². The minimum absolute atomic E-state index is 0.389. The lowest BCUT2D eigenvalue weighted by Crippen LogP contribution is -2.28. The standard InChI is InChI=1S/C18H24N4O/c1-3-23-18-11-19-10-17(21-18)20-16-9-14(2)22(13-16)12-15-7-5-4-6-8-15/h4-8,10-11,14,16H,3,9,12-13H2,1-2H3,(H,20,21). The molecular formula is C18H24N4O. The average molecular weight is 312 g/mol. The summed E-state index contributed by atoms with van der Waals surface area (Å²) in [4.78, 5) is 11.1. The van der Waals surface area contributed by atoms with Gasteiger partial charge in [0.25, 0.3) is 0 Å². The summed E-state index contributed by atoms with van der Waals surface area (Å²) in [6, 6.07) is 11.6. The minimum atomic E-state index is 0.389. The molecule has 2 atom stereocenters. The van der Waals surface area contributed by atoms with Crippen molar-refractivity contribution in [1.82, 2.24) is 14.9 Å². The molecule has 1 aromatic heterocycles. The van der Waals surface area contributed by atoms with E-state index >= 15 is 0 Å². The zero-order valence-electron chi connectivity index (χ0n) is 13.8. The van der Waals surface area contributed by atoms with Crippen molar-refractivity contribution in [3.8, 4) is 5.88 Å². The van der Waals surface area contributed by atoms with Crippen molar-refractivity contribution in [3.05, 3.63) is 48.3 Å². The third-order valence-electron chi connectivity index (χ3n) is 4.19. The van der Waals surface area contributed by atoms with Crippen LogP contribution in [-0.4, -0.2) is 40.1 Å². The van der Waals surface area contributed by atoms with Gasteiger partial charge in [-0.2, -0.15) is 4.98 Å². The Kier molecular flexibility index (Phi) is 5.08. The average Bonchev–Trinajstić information content (AvgIpc) is 2.88. The molecule has 1 aliphatic heterocycles. The molecule has 1 fully saturated rings. The fourth-order valence-corrected chi connectivity index (χ4v) is 3.09. The molecule has 5 heteroatoms. The Balaban J connectivity index is 1.59. The molecule has 1 aromatic carbocycles. The summed E-state index contributed by atoms with van der Waals surface area (Å²) in [5, 5.41) is 3.49. The molecule has 5 nitrogen and oxygen atoms in total. The number of rotatable bonds is 6. The molecule has 2 aromatic rings. The second-order valence-electron chi connectivity index (χ2n) is 6.02. The Hall–Kier alpha value is -2.14. The smallest absolute Gasteiger partial charge is 0.234 e. The number of nitrogens with zero attached hydrogens (tertiary/aromatic N) is 3. The Labute approximate surface area is 137 Å². The van der Waals surface area contributed by atoms with Crippen LogP contribution in [0.5, 0.6) is 5.88 Å². The summed E-state index contributed by atoms with van der Waals surface area (Å²) in [7, 11) is 0. The first-order valence-electron chi connectivity index (χ1n) is 8.24. The van der Waals surface area contributed by atoms with Crippen LogP contribution in [0.1, 0.15) is 25.8 Å². The maximum Gasteiger partial charge on any atom is 0.234 e. The highest BCUT2D eigenvalue weighted by Gasteiger charge is 2.29. The predicted molar refractivity (Wildman–Crippen MR) is 91.5 cm³/mol. The second-order valence-corrected chi connectivity index (χ2v) is 6.02. The Morgan fingerprint density at radius 2 is 2.09 bits per heavy atom. The van der Waals surface area contributed by atoms with Crippen LogP contribution < -0.4 is 10.1 Å². The van der Waals surface area contributed by atoms with Crippen molar-refractivity contribution in [3.63, 3.8) is 0 Å². The fourth-order valence-electron chi connectivity index (χ4n) is 3.09. The molecule has 1 N–H and O–H groups in total. The Morgan fingerprint density at radius 3 is 2.87 bits per heavy atom. The number of nitrogens with one attached hydrogen (secondary N) is 1. The van der Waals surface area contributed by atoms with Crippen molar-refractivity contribution < 1.29 is 4.74 Å². The first-order chi connectivity index (χ1) is 11.2. The van der Waals surface area contributed by atoms with E-state index in [1.165, 1.54) is 5.56 Å². The molecule has 23 heavy (non-hydrogen) atoms. The first-order valence-corrected chi connectivity index (χ1v) is 8.24. The summed E-state index contributed by atoms with van der Waals surface area (Å²) in [6.45, 7) is 6.83. The van der Waals surface area contributed by atoms with Gasteiger partial charge in [-0.05, 0) is 25.8 Å². The monoisotopic (exact) mass is 312 g/mol. The highest BCUT2D eigenvalue weighted by molar-refractivity contribution is 5.35. The zero-order chi connectivity index (χ0) is 16.1. The van der Waals surface area contributed by atoms with Crippen molar-refractivity contribution in [1.29, 1.82) is 0 Å². The van der Waals surface area contributed by atoms with E-state index in [4.69, 9.17) is 4.74 Å². The van der Waals surface area contributed by atoms with E-state index in [1.807, 2.05) is 6.92 Å². The van der Waals surface area contributed by atoms with Gasteiger partial charge in [-0.3, -0.25) is 9.88 Å². The summed E-state index contributed by atoms with van der Waals surface area (Å²) in [5.41, 5.74) is 1.36. The maximum atomic E-state index is 5.41. The third-order valence-corrected chi connectivity index (χ3v) is 4.19. The molecule has 0 radical (unpaired) electrons. The normalized spacial score (nSPS) is 21.3. The lowest BCUT2D eigenvalue weighted by molar-refractivity contribution is 0.259. The number of hydrogen-bond donors (Lipinski definition) is 1. The van der Waals surface area contributed by atoms with E-state index in [9.17, 15) is 0 Å². The summed E-state index contributed by atoms with van der Waals surface area (Å²) in [5.74, 6) is 1.36. The van der Waals surface area contributed by atoms with Gasteiger partial charge in [0.15, 0.2) is 0 Å². The van der Waals surface area contributed by atoms with Crippen LogP contribution in [-0.2, 0) is 6.54 Å². The number of aromatic nitrogens is 2. The number of likely N-dealkylation sites (tertiary alicyclic amines) is 1. The van der Waals surface area contributed by atoms with E-state index < -0.39 is 0 Å². The molecule has 122 valence electrons. The Bertz CT molecular complexity index is 619. The molecular weight excluding hydrogens is 288 g/mol. The number of anilines is 1. The molecule has 1 aliphatic rings. The molecule has 0 aliphatic carbocycles. The molecule has 0 saturated carbocycles. The van der Waals surface area contributed by atoms with Crippen molar-refractivity contribution >= 4 is 5.82 Å². The van der Waals surface area contributed by atoms with Crippen LogP contribution >= 0.6 is 0 Å². The van der Waals surface area contributed by atoms with Gasteiger partial charge in [-0.1, -0.05) is 30.3 Å². The molecule has 2 unspecified atom stereocenters. The zero-order valence-corrected chi connectivity index (χ0v) is 13.8. The van der Waals surface area contributed by atoms with E-state index in [1.54, 1.807) is 12.4 Å². The summed E-state index contributed by atoms with van der Waals surface area (Å²) < 4.78 is 5.41. The maximum absolute atomic E-state index is 5.41. The number of ether oxygens (including phenoxy) is 1. The Morgan fingerprint density at radius 1 is 1.26 bits per heavy atom. The van der Waals surface area contributed by atoms with Gasteiger partial charge >= 0.3 is 0 Å². The SMILES string of the molecule is CCOc1cncc(NC2CC(C)N(Cc3ccccc3)C2)n1. The number of benzene rings is 1. The topological polar surface area (TPSA) is 50.3 Å². The van der Waals surface area contributed by atoms with Gasteiger partial charge in [0, 0.05) is 25.2 Å². The lowest BCUT2D eigenvalue weighted by atomic mass is 10.2. The van der Waals surface area contributed by atoms with Gasteiger partial charge in [-0.15, -0.1) is 0 Å². The van der Waals surface area contributed by atoms with E-state index in [0.717, 1.165) is 25.3 Å². The lowest BCUT2D eigenvalue weighted by Gasteiger charge is -2.20. The van der Waals surface area contributed by atoms with Crippen molar-refractivity contribution in [2.45, 2.75) is 38.9 Å². The fraction of sp³-hybridized carbons (Fsp3) is 0.444. The molecule has 0 spiro atoms. The van der Waals surface area contributed by atoms with Gasteiger partial charge in [0.1, 0.15) is 5.82 Å². The molecule has 3 rings (SSSR count). The van der Waals surface area contributed by atoms with Crippen molar-refractivity contribution in [2.24, 2.45) is 0 Å². The van der Waals surface area contributed by atoms with E-state index in [2.05, 4.69) is 57.4 Å². The molecule has 0 bridgehead atoms. The van der Waals surface area contributed by atoms with Crippen LogP contribution in [0.3, 0.4) is 0 Å². The van der Waals surface area contributed by atoms with E-state index in [-0.39, 0.29) is 0 Å². The molecule has 1 saturated heterocycles. The second kappa shape index (κ2) is 7.42. The number of hydrogen-bond acceptors (Lipinski definition) is 5. The summed E-state index contributed by atoms with van der Waals surface area (Å²) >= 11 is 0. The van der Waals surface area contributed by atoms with Gasteiger partial charge in [0.05, 0.1) is 19.0 Å². The van der Waals surface area contributed by atoms with E-state index in [0.29, 0.717) is 24.6 Å². The first kappa shape index (κ1) is 15.7. The summed E-state index contributed by atoms with van der Waals surface area (Å²) in [6.07, 6.45) is 4.51. The van der Waals surface area contributed by atoms with Crippen LogP contribution in [0.15, 0.2) is 42.7 Å². The quantitative estimate of drug-likeness (QED) is 0.889. The minimum Gasteiger partial charge on any atom is -0.477 e. The van der Waals surface area contributed by atoms with Crippen LogP contribution in [0.2, 0.25) is 0 Å². The van der Waals surface area contributed by atoms with Gasteiger partial charge in [-0.25, -0.2) is 0 Å².